The van der Waals surface area contributed by atoms with Gasteiger partial charge in [0.05, 0.1) is 21.0 Å². The van der Waals surface area contributed by atoms with Gasteiger partial charge in [-0.05, 0) is 42.7 Å². The number of halogens is 2. The summed E-state index contributed by atoms with van der Waals surface area (Å²) >= 11 is 6.66. The van der Waals surface area contributed by atoms with Crippen LogP contribution in [0, 0.1) is 5.82 Å². The van der Waals surface area contributed by atoms with Crippen LogP contribution in [0.25, 0.3) is 10.9 Å². The maximum absolute atomic E-state index is 13.5. The van der Waals surface area contributed by atoms with Crippen molar-refractivity contribution in [3.05, 3.63) is 53.7 Å². The van der Waals surface area contributed by atoms with Crippen LogP contribution in [-0.2, 0) is 23.3 Å². The Kier molecular flexibility index (Phi) is 3.51. The minimum absolute atomic E-state index is 0.115. The summed E-state index contributed by atoms with van der Waals surface area (Å²) in [5.74, 6) is -0.678. The number of sulfone groups is 1. The molecule has 2 aromatic heterocycles. The molecule has 2 atom stereocenters. The third-order valence-electron chi connectivity index (χ3n) is 5.69. The van der Waals surface area contributed by atoms with Crippen LogP contribution in [0.5, 0.6) is 0 Å². The number of benzene rings is 1. The molecule has 0 radical (unpaired) electrons. The highest BCUT2D eigenvalue weighted by Gasteiger charge is 2.45. The van der Waals surface area contributed by atoms with Crippen LogP contribution in [0.15, 0.2) is 46.5 Å². The molecule has 4 heterocycles. The van der Waals surface area contributed by atoms with Crippen molar-refractivity contribution in [3.8, 4) is 0 Å². The van der Waals surface area contributed by atoms with Crippen molar-refractivity contribution in [2.45, 2.75) is 40.1 Å². The summed E-state index contributed by atoms with van der Waals surface area (Å²) in [6.07, 6.45) is 4.65. The quantitative estimate of drug-likeness (QED) is 0.524. The zero-order chi connectivity index (χ0) is 19.0. The summed E-state index contributed by atoms with van der Waals surface area (Å²) in [7, 11) is -1.87. The molecule has 2 bridgehead atoms. The first kappa shape index (κ1) is 17.2. The molecule has 2 aliphatic heterocycles. The van der Waals surface area contributed by atoms with Crippen molar-refractivity contribution in [2.75, 3.05) is 0 Å². The number of nitrogens with zero attached hydrogens (tertiary/aromatic N) is 2. The Morgan fingerprint density at radius 1 is 1.30 bits per heavy atom. The van der Waals surface area contributed by atoms with E-state index in [2.05, 4.69) is 14.9 Å². The van der Waals surface area contributed by atoms with Crippen molar-refractivity contribution in [3.63, 3.8) is 0 Å². The maximum atomic E-state index is 13.5. The summed E-state index contributed by atoms with van der Waals surface area (Å²) in [4.78, 5) is 3.24. The summed E-state index contributed by atoms with van der Waals surface area (Å²) in [6, 6.07) is 6.17. The lowest BCUT2D eigenvalue weighted by Gasteiger charge is -2.29. The molecule has 1 fully saturated rings. The Bertz CT molecular complexity index is 1210. The first-order chi connectivity index (χ1) is 12.8. The fraction of sp³-hybridized carbons (Fsp3) is 0.316. The van der Waals surface area contributed by atoms with E-state index in [1.165, 1.54) is 6.20 Å². The normalized spacial score (nSPS) is 24.3. The van der Waals surface area contributed by atoms with Crippen molar-refractivity contribution < 1.29 is 12.8 Å². The van der Waals surface area contributed by atoms with Gasteiger partial charge < -0.3 is 4.57 Å². The Labute approximate surface area is 161 Å². The Hall–Kier alpha value is -1.96. The van der Waals surface area contributed by atoms with Gasteiger partial charge in [0, 0.05) is 42.3 Å². The number of aromatic nitrogens is 2. The van der Waals surface area contributed by atoms with Crippen LogP contribution in [0.2, 0.25) is 0 Å². The van der Waals surface area contributed by atoms with Gasteiger partial charge in [0.2, 0.25) is 9.84 Å². The van der Waals surface area contributed by atoms with Crippen molar-refractivity contribution >= 4 is 32.3 Å². The van der Waals surface area contributed by atoms with E-state index in [0.717, 1.165) is 47.3 Å². The molecule has 0 saturated carbocycles. The molecule has 5 nitrogen and oxygen atoms in total. The topological polar surface area (TPSA) is 64.0 Å². The minimum Gasteiger partial charge on any atom is -0.347 e. The molecular formula is C19H17ClFN3O2S. The van der Waals surface area contributed by atoms with Crippen LogP contribution in [0.1, 0.15) is 30.1 Å². The van der Waals surface area contributed by atoms with E-state index in [9.17, 15) is 12.8 Å². The molecule has 1 aromatic carbocycles. The van der Waals surface area contributed by atoms with Crippen LogP contribution < -0.4 is 5.32 Å². The number of pyridine rings is 1. The highest BCUT2D eigenvalue weighted by atomic mass is 35.5. The van der Waals surface area contributed by atoms with Crippen LogP contribution in [0.4, 0.5) is 4.39 Å². The monoisotopic (exact) mass is 405 g/mol. The first-order valence-corrected chi connectivity index (χ1v) is 10.6. The smallest absolute Gasteiger partial charge is 0.208 e. The lowest BCUT2D eigenvalue weighted by atomic mass is 9.99. The average Bonchev–Trinajstić information content (AvgIpc) is 3.09. The van der Waals surface area contributed by atoms with E-state index in [0.29, 0.717) is 6.42 Å². The standard InChI is InChI=1S/C19H17ClFN3O2S/c1-24-16-3-2-12(27(25,26)13-6-11(21)9-22-10-13)7-14(16)18-15-4-5-19(20,23-15)8-17(18)24/h2-3,6-7,9-10,15,23H,4-5,8H2,1H3. The summed E-state index contributed by atoms with van der Waals surface area (Å²) in [5.41, 5.74) is 3.23. The van der Waals surface area contributed by atoms with Crippen molar-refractivity contribution in [1.82, 2.24) is 14.9 Å². The van der Waals surface area contributed by atoms with Gasteiger partial charge in [0.15, 0.2) is 0 Å². The molecule has 0 spiro atoms. The highest BCUT2D eigenvalue weighted by molar-refractivity contribution is 7.91. The number of aryl methyl sites for hydroxylation is 1. The largest absolute Gasteiger partial charge is 0.347 e. The van der Waals surface area contributed by atoms with Gasteiger partial charge >= 0.3 is 0 Å². The van der Waals surface area contributed by atoms with Gasteiger partial charge in [-0.1, -0.05) is 0 Å². The number of alkyl halides is 1. The fourth-order valence-electron chi connectivity index (χ4n) is 4.40. The zero-order valence-corrected chi connectivity index (χ0v) is 16.1. The summed E-state index contributed by atoms with van der Waals surface area (Å²) in [6.45, 7) is 0. The van der Waals surface area contributed by atoms with E-state index >= 15 is 0 Å². The maximum Gasteiger partial charge on any atom is 0.208 e. The summed E-state index contributed by atoms with van der Waals surface area (Å²) < 4.78 is 41.5. The van der Waals surface area contributed by atoms with Gasteiger partial charge in [-0.15, -0.1) is 11.6 Å². The van der Waals surface area contributed by atoms with E-state index in [4.69, 9.17) is 11.6 Å². The van der Waals surface area contributed by atoms with Crippen molar-refractivity contribution in [1.29, 1.82) is 0 Å². The molecule has 1 N–H and O–H groups in total. The number of hydrogen-bond acceptors (Lipinski definition) is 4. The number of hydrogen-bond donors (Lipinski definition) is 1. The zero-order valence-electron chi connectivity index (χ0n) is 14.5. The fourth-order valence-corrected chi connectivity index (χ4v) is 6.03. The second kappa shape index (κ2) is 5.53. The van der Waals surface area contributed by atoms with E-state index < -0.39 is 20.7 Å². The summed E-state index contributed by atoms with van der Waals surface area (Å²) in [5, 5.41) is 4.37. The molecule has 0 aliphatic carbocycles. The average molecular weight is 406 g/mol. The molecule has 140 valence electrons. The molecule has 27 heavy (non-hydrogen) atoms. The second-order valence-corrected chi connectivity index (χ2v) is 9.99. The van der Waals surface area contributed by atoms with Crippen LogP contribution in [0.3, 0.4) is 0 Å². The van der Waals surface area contributed by atoms with Crippen molar-refractivity contribution in [2.24, 2.45) is 7.05 Å². The third-order valence-corrected chi connectivity index (χ3v) is 7.84. The predicted octanol–water partition coefficient (Wildman–Crippen LogP) is 3.46. The molecule has 3 aromatic rings. The minimum atomic E-state index is -3.85. The molecule has 8 heteroatoms. The van der Waals surface area contributed by atoms with Gasteiger partial charge in [-0.3, -0.25) is 10.3 Å². The Balaban J connectivity index is 1.71. The van der Waals surface area contributed by atoms with E-state index in [-0.39, 0.29) is 15.8 Å². The molecule has 1 saturated heterocycles. The number of rotatable bonds is 2. The lowest BCUT2D eigenvalue weighted by Crippen LogP contribution is -2.41. The molecule has 2 unspecified atom stereocenters. The van der Waals surface area contributed by atoms with E-state index in [1.807, 2.05) is 13.1 Å². The molecular weight excluding hydrogens is 389 g/mol. The second-order valence-electron chi connectivity index (χ2n) is 7.32. The Morgan fingerprint density at radius 3 is 2.89 bits per heavy atom. The van der Waals surface area contributed by atoms with Gasteiger partial charge in [0.1, 0.15) is 5.82 Å². The molecule has 0 amide bonds. The molecule has 5 rings (SSSR count). The SMILES string of the molecule is Cn1c2c(c3cc(S(=O)(=O)c4cncc(F)c4)ccc31)C1CCC(Cl)(C2)N1. The van der Waals surface area contributed by atoms with Gasteiger partial charge in [-0.25, -0.2) is 12.8 Å². The number of nitrogens with one attached hydrogen (secondary N) is 1. The van der Waals surface area contributed by atoms with Crippen LogP contribution in [-0.4, -0.2) is 23.0 Å². The Morgan fingerprint density at radius 2 is 2.11 bits per heavy atom. The first-order valence-electron chi connectivity index (χ1n) is 8.72. The number of fused-ring (bicyclic) bond motifs is 6. The van der Waals surface area contributed by atoms with Crippen LogP contribution >= 0.6 is 11.6 Å². The van der Waals surface area contributed by atoms with Gasteiger partial charge in [0.25, 0.3) is 0 Å². The predicted molar refractivity (Wildman–Crippen MR) is 100.0 cm³/mol. The molecule has 2 aliphatic rings. The lowest BCUT2D eigenvalue weighted by molar-refractivity contribution is 0.455. The van der Waals surface area contributed by atoms with Gasteiger partial charge in [-0.2, -0.15) is 0 Å². The third kappa shape index (κ3) is 2.45. The van der Waals surface area contributed by atoms with E-state index in [1.54, 1.807) is 12.1 Å². The highest BCUT2D eigenvalue weighted by Crippen LogP contribution is 2.47.